The van der Waals surface area contributed by atoms with E-state index in [-0.39, 0.29) is 11.4 Å². The van der Waals surface area contributed by atoms with Gasteiger partial charge in [-0.2, -0.15) is 5.26 Å². The Bertz CT molecular complexity index is 588. The van der Waals surface area contributed by atoms with Crippen LogP contribution in [-0.2, 0) is 0 Å². The predicted octanol–water partition coefficient (Wildman–Crippen LogP) is 1.58. The number of hydrogen-bond donors (Lipinski definition) is 1. The number of nitro groups is 1. The van der Waals surface area contributed by atoms with E-state index in [1.54, 1.807) is 6.07 Å². The molecule has 110 valence electrons. The van der Waals surface area contributed by atoms with E-state index in [2.05, 4.69) is 15.2 Å². The smallest absolute Gasteiger partial charge is 0.305 e. The highest BCUT2D eigenvalue weighted by Gasteiger charge is 2.33. The molecule has 7 nitrogen and oxygen atoms in total. The molecule has 1 saturated heterocycles. The van der Waals surface area contributed by atoms with Crippen molar-refractivity contribution in [2.24, 2.45) is 0 Å². The van der Waals surface area contributed by atoms with E-state index in [0.717, 1.165) is 32.4 Å². The number of nitrogens with zero attached hydrogens (tertiary/aromatic N) is 4. The molecular formula is C14H17N5O2. The molecule has 1 aromatic heterocycles. The largest absolute Gasteiger partial charge is 0.352 e. The summed E-state index contributed by atoms with van der Waals surface area (Å²) in [7, 11) is 0. The van der Waals surface area contributed by atoms with Crippen LogP contribution in [0.1, 0.15) is 31.4 Å². The summed E-state index contributed by atoms with van der Waals surface area (Å²) >= 11 is 0. The summed E-state index contributed by atoms with van der Waals surface area (Å²) in [4.78, 5) is 16.7. The first kappa shape index (κ1) is 13.8. The Morgan fingerprint density at radius 2 is 2.29 bits per heavy atom. The van der Waals surface area contributed by atoms with E-state index in [1.807, 2.05) is 6.07 Å². The molecule has 0 amide bonds. The second-order valence-electron chi connectivity index (χ2n) is 5.58. The SMILES string of the molecule is N#Cc1nc(N(CC2CCCN2)C2CC2)ccc1[N+](=O)[O-]. The highest BCUT2D eigenvalue weighted by molar-refractivity contribution is 5.52. The molecule has 2 aliphatic rings. The van der Waals surface area contributed by atoms with Crippen LogP contribution in [0.25, 0.3) is 0 Å². The van der Waals surface area contributed by atoms with E-state index in [9.17, 15) is 10.1 Å². The first-order valence-electron chi connectivity index (χ1n) is 7.24. The van der Waals surface area contributed by atoms with Crippen molar-refractivity contribution in [2.45, 2.75) is 37.8 Å². The number of hydrogen-bond acceptors (Lipinski definition) is 6. The minimum Gasteiger partial charge on any atom is -0.352 e. The van der Waals surface area contributed by atoms with Gasteiger partial charge in [0.2, 0.25) is 5.69 Å². The molecule has 1 atom stereocenters. The van der Waals surface area contributed by atoms with Gasteiger partial charge in [-0.25, -0.2) is 4.98 Å². The number of aromatic nitrogens is 1. The molecule has 0 radical (unpaired) electrons. The van der Waals surface area contributed by atoms with Crippen LogP contribution < -0.4 is 10.2 Å². The van der Waals surface area contributed by atoms with Crippen LogP contribution in [0.15, 0.2) is 12.1 Å². The average molecular weight is 287 g/mol. The number of nitriles is 1. The molecule has 1 aromatic rings. The summed E-state index contributed by atoms with van der Waals surface area (Å²) < 4.78 is 0. The zero-order valence-electron chi connectivity index (χ0n) is 11.7. The van der Waals surface area contributed by atoms with Crippen molar-refractivity contribution in [1.82, 2.24) is 10.3 Å². The third-order valence-corrected chi connectivity index (χ3v) is 4.02. The van der Waals surface area contributed by atoms with Crippen molar-refractivity contribution in [1.29, 1.82) is 5.26 Å². The molecule has 1 N–H and O–H groups in total. The summed E-state index contributed by atoms with van der Waals surface area (Å²) in [5.41, 5.74) is -0.335. The van der Waals surface area contributed by atoms with Crippen molar-refractivity contribution >= 4 is 11.5 Å². The van der Waals surface area contributed by atoms with E-state index >= 15 is 0 Å². The van der Waals surface area contributed by atoms with Gasteiger partial charge in [0.05, 0.1) is 4.92 Å². The Balaban J connectivity index is 1.85. The van der Waals surface area contributed by atoms with Gasteiger partial charge >= 0.3 is 5.69 Å². The molecule has 3 rings (SSSR count). The number of nitrogens with one attached hydrogen (secondary N) is 1. The molecule has 1 unspecified atom stereocenters. The fourth-order valence-electron chi connectivity index (χ4n) is 2.80. The van der Waals surface area contributed by atoms with Gasteiger partial charge in [-0.3, -0.25) is 10.1 Å². The zero-order valence-corrected chi connectivity index (χ0v) is 11.7. The third-order valence-electron chi connectivity index (χ3n) is 4.02. The van der Waals surface area contributed by atoms with Gasteiger partial charge in [-0.1, -0.05) is 0 Å². The van der Waals surface area contributed by atoms with Crippen molar-refractivity contribution in [3.8, 4) is 6.07 Å². The Morgan fingerprint density at radius 1 is 1.48 bits per heavy atom. The normalized spacial score (nSPS) is 21.0. The second-order valence-corrected chi connectivity index (χ2v) is 5.58. The molecule has 2 fully saturated rings. The lowest BCUT2D eigenvalue weighted by Gasteiger charge is -2.26. The Hall–Kier alpha value is -2.20. The van der Waals surface area contributed by atoms with Gasteiger partial charge in [-0.05, 0) is 38.3 Å². The van der Waals surface area contributed by atoms with Crippen molar-refractivity contribution in [3.63, 3.8) is 0 Å². The van der Waals surface area contributed by atoms with E-state index in [1.165, 1.54) is 12.5 Å². The van der Waals surface area contributed by atoms with Crippen LogP contribution >= 0.6 is 0 Å². The molecule has 0 spiro atoms. The molecule has 7 heteroatoms. The molecular weight excluding hydrogens is 270 g/mol. The standard InChI is InChI=1S/C14H17N5O2/c15-8-12-13(19(20)21)5-6-14(17-12)18(11-3-4-11)9-10-2-1-7-16-10/h5-6,10-11,16H,1-4,7,9H2. The van der Waals surface area contributed by atoms with Crippen molar-refractivity contribution in [3.05, 3.63) is 27.9 Å². The first-order chi connectivity index (χ1) is 10.2. The lowest BCUT2D eigenvalue weighted by Crippen LogP contribution is -2.39. The van der Waals surface area contributed by atoms with Crippen LogP contribution in [0.5, 0.6) is 0 Å². The maximum Gasteiger partial charge on any atom is 0.305 e. The summed E-state index contributed by atoms with van der Waals surface area (Å²) in [6.07, 6.45) is 4.56. The molecule has 1 aliphatic heterocycles. The molecule has 0 bridgehead atoms. The molecule has 2 heterocycles. The number of pyridine rings is 1. The summed E-state index contributed by atoms with van der Waals surface area (Å²) in [5.74, 6) is 0.674. The van der Waals surface area contributed by atoms with Gasteiger partial charge in [-0.15, -0.1) is 0 Å². The van der Waals surface area contributed by atoms with Crippen LogP contribution in [0.4, 0.5) is 11.5 Å². The van der Waals surface area contributed by atoms with E-state index < -0.39 is 4.92 Å². The quantitative estimate of drug-likeness (QED) is 0.652. The Kier molecular flexibility index (Phi) is 3.71. The third kappa shape index (κ3) is 2.95. The molecule has 21 heavy (non-hydrogen) atoms. The van der Waals surface area contributed by atoms with E-state index in [4.69, 9.17) is 5.26 Å². The lowest BCUT2D eigenvalue weighted by molar-refractivity contribution is -0.385. The zero-order chi connectivity index (χ0) is 14.8. The summed E-state index contributed by atoms with van der Waals surface area (Å²) in [6.45, 7) is 1.89. The first-order valence-corrected chi connectivity index (χ1v) is 7.24. The van der Waals surface area contributed by atoms with Gasteiger partial charge < -0.3 is 10.2 Å². The van der Waals surface area contributed by atoms with Crippen molar-refractivity contribution in [2.75, 3.05) is 18.0 Å². The second kappa shape index (κ2) is 5.66. The molecule has 1 aliphatic carbocycles. The number of anilines is 1. The van der Waals surface area contributed by atoms with Crippen molar-refractivity contribution < 1.29 is 4.92 Å². The minimum atomic E-state index is -0.560. The topological polar surface area (TPSA) is 95.1 Å². The van der Waals surface area contributed by atoms with Gasteiger partial charge in [0.1, 0.15) is 11.9 Å². The lowest BCUT2D eigenvalue weighted by atomic mass is 10.2. The number of rotatable bonds is 5. The molecule has 1 saturated carbocycles. The van der Waals surface area contributed by atoms with E-state index in [0.29, 0.717) is 17.9 Å². The Labute approximate surface area is 122 Å². The fraction of sp³-hybridized carbons (Fsp3) is 0.571. The highest BCUT2D eigenvalue weighted by Crippen LogP contribution is 2.32. The van der Waals surface area contributed by atoms with Gasteiger partial charge in [0.25, 0.3) is 0 Å². The monoisotopic (exact) mass is 287 g/mol. The van der Waals surface area contributed by atoms with Crippen LogP contribution in [0.3, 0.4) is 0 Å². The summed E-state index contributed by atoms with van der Waals surface area (Å²) in [6, 6.07) is 5.77. The summed E-state index contributed by atoms with van der Waals surface area (Å²) in [5, 5.41) is 23.4. The molecule has 0 aromatic carbocycles. The maximum atomic E-state index is 10.9. The average Bonchev–Trinajstić information content (AvgIpc) is 3.20. The minimum absolute atomic E-state index is 0.109. The maximum absolute atomic E-state index is 10.9. The highest BCUT2D eigenvalue weighted by atomic mass is 16.6. The van der Waals surface area contributed by atoms with Crippen LogP contribution in [-0.4, -0.2) is 35.1 Å². The van der Waals surface area contributed by atoms with Crippen LogP contribution in [0, 0.1) is 21.4 Å². The predicted molar refractivity (Wildman–Crippen MR) is 77.0 cm³/mol. The van der Waals surface area contributed by atoms with Gasteiger partial charge in [0.15, 0.2) is 0 Å². The van der Waals surface area contributed by atoms with Crippen LogP contribution in [0.2, 0.25) is 0 Å². The fourth-order valence-corrected chi connectivity index (χ4v) is 2.80. The Morgan fingerprint density at radius 3 is 2.86 bits per heavy atom. The van der Waals surface area contributed by atoms with Gasteiger partial charge in [0, 0.05) is 24.7 Å².